The summed E-state index contributed by atoms with van der Waals surface area (Å²) in [5.74, 6) is 2.15. The molecular formula is C10H10ClN3O. The molecule has 0 aliphatic carbocycles. The fourth-order valence-electron chi connectivity index (χ4n) is 1.04. The molecule has 0 aliphatic rings. The van der Waals surface area contributed by atoms with E-state index in [4.69, 9.17) is 18.0 Å². The molecule has 0 unspecified atom stereocenters. The van der Waals surface area contributed by atoms with Gasteiger partial charge in [0.05, 0.1) is 18.9 Å². The summed E-state index contributed by atoms with van der Waals surface area (Å²) in [6.45, 7) is 2.62. The first-order valence-electron chi connectivity index (χ1n) is 4.39. The third-order valence-electron chi connectivity index (χ3n) is 1.78. The Hall–Kier alpha value is -1.60. The number of amides is 1. The maximum absolute atomic E-state index is 11.8. The molecule has 0 aliphatic heterocycles. The van der Waals surface area contributed by atoms with Gasteiger partial charge in [-0.3, -0.25) is 9.78 Å². The monoisotopic (exact) mass is 223 g/mol. The summed E-state index contributed by atoms with van der Waals surface area (Å²) in [4.78, 5) is 20.9. The smallest absolute Gasteiger partial charge is 0.274 e. The Balaban J connectivity index is 2.88. The third-order valence-corrected chi connectivity index (χ3v) is 1.96. The van der Waals surface area contributed by atoms with Gasteiger partial charge in [0.2, 0.25) is 0 Å². The second-order valence-electron chi connectivity index (χ2n) is 2.75. The first-order chi connectivity index (χ1) is 7.19. The zero-order valence-electron chi connectivity index (χ0n) is 8.27. The average Bonchev–Trinajstić information content (AvgIpc) is 2.25. The summed E-state index contributed by atoms with van der Waals surface area (Å²) >= 11 is 5.63. The normalized spacial score (nSPS) is 9.40. The highest BCUT2D eigenvalue weighted by molar-refractivity contribution is 6.29. The number of hydrogen-bond donors (Lipinski definition) is 0. The van der Waals surface area contributed by atoms with Crippen molar-refractivity contribution in [3.63, 3.8) is 0 Å². The predicted octanol–water partition coefficient (Wildman–Crippen LogP) is 1.23. The Labute approximate surface area is 93.3 Å². The van der Waals surface area contributed by atoms with E-state index in [1.165, 1.54) is 17.3 Å². The van der Waals surface area contributed by atoms with Crippen LogP contribution in [-0.2, 0) is 0 Å². The number of nitrogens with zero attached hydrogens (tertiary/aromatic N) is 3. The fraction of sp³-hybridized carbons (Fsp3) is 0.300. The molecule has 0 saturated carbocycles. The molecule has 0 saturated heterocycles. The Morgan fingerprint density at radius 2 is 2.40 bits per heavy atom. The molecule has 1 rings (SSSR count). The van der Waals surface area contributed by atoms with Gasteiger partial charge in [-0.2, -0.15) is 0 Å². The predicted molar refractivity (Wildman–Crippen MR) is 57.5 cm³/mol. The second-order valence-corrected chi connectivity index (χ2v) is 3.14. The number of halogens is 1. The number of carbonyl (C=O) groups excluding carboxylic acids is 1. The lowest BCUT2D eigenvalue weighted by atomic mass is 10.3. The lowest BCUT2D eigenvalue weighted by Gasteiger charge is -2.16. The zero-order valence-corrected chi connectivity index (χ0v) is 9.03. The fourth-order valence-corrected chi connectivity index (χ4v) is 1.19. The summed E-state index contributed by atoms with van der Waals surface area (Å²) in [6, 6.07) is 0. The van der Waals surface area contributed by atoms with Crippen LogP contribution in [0.3, 0.4) is 0 Å². The first kappa shape index (κ1) is 11.5. The SMILES string of the molecule is C#CCN(CC)C(=O)c1cncc(Cl)n1. The molecule has 0 bridgehead atoms. The Morgan fingerprint density at radius 1 is 1.67 bits per heavy atom. The van der Waals surface area contributed by atoms with E-state index in [9.17, 15) is 4.79 Å². The van der Waals surface area contributed by atoms with Crippen LogP contribution in [0.4, 0.5) is 0 Å². The van der Waals surface area contributed by atoms with E-state index < -0.39 is 0 Å². The number of aromatic nitrogens is 2. The number of rotatable bonds is 3. The van der Waals surface area contributed by atoms with Gasteiger partial charge < -0.3 is 4.90 Å². The van der Waals surface area contributed by atoms with Crippen LogP contribution < -0.4 is 0 Å². The van der Waals surface area contributed by atoms with E-state index in [0.29, 0.717) is 6.54 Å². The Bertz CT molecular complexity index is 400. The van der Waals surface area contributed by atoms with E-state index in [1.807, 2.05) is 6.92 Å². The molecule has 0 aromatic carbocycles. The van der Waals surface area contributed by atoms with Gasteiger partial charge in [-0.25, -0.2) is 4.98 Å². The van der Waals surface area contributed by atoms with Gasteiger partial charge >= 0.3 is 0 Å². The van der Waals surface area contributed by atoms with Crippen LogP contribution >= 0.6 is 11.6 Å². The summed E-state index contributed by atoms with van der Waals surface area (Å²) in [5.41, 5.74) is 0.208. The van der Waals surface area contributed by atoms with E-state index >= 15 is 0 Å². The third kappa shape index (κ3) is 2.93. The van der Waals surface area contributed by atoms with Crippen LogP contribution in [0.25, 0.3) is 0 Å². The van der Waals surface area contributed by atoms with Crippen molar-refractivity contribution in [3.05, 3.63) is 23.2 Å². The standard InChI is InChI=1S/C10H10ClN3O/c1-3-5-14(4-2)10(15)8-6-12-7-9(11)13-8/h1,6-7H,4-5H2,2H3. The lowest BCUT2D eigenvalue weighted by molar-refractivity contribution is 0.0778. The van der Waals surface area contributed by atoms with Gasteiger partial charge in [-0.15, -0.1) is 6.42 Å². The second kappa shape index (κ2) is 5.32. The molecule has 15 heavy (non-hydrogen) atoms. The molecule has 1 aromatic rings. The Morgan fingerprint density at radius 3 is 2.93 bits per heavy atom. The van der Waals surface area contributed by atoms with Crippen molar-refractivity contribution in [2.45, 2.75) is 6.92 Å². The molecule has 0 N–H and O–H groups in total. The topological polar surface area (TPSA) is 46.1 Å². The average molecular weight is 224 g/mol. The molecular weight excluding hydrogens is 214 g/mol. The minimum atomic E-state index is -0.259. The van der Waals surface area contributed by atoms with Gasteiger partial charge in [0.1, 0.15) is 10.8 Å². The van der Waals surface area contributed by atoms with Crippen LogP contribution in [0.15, 0.2) is 12.4 Å². The highest BCUT2D eigenvalue weighted by Gasteiger charge is 2.14. The molecule has 1 amide bonds. The molecule has 78 valence electrons. The van der Waals surface area contributed by atoms with Crippen LogP contribution in [0.5, 0.6) is 0 Å². The van der Waals surface area contributed by atoms with Gasteiger partial charge in [-0.1, -0.05) is 17.5 Å². The summed E-state index contributed by atoms with van der Waals surface area (Å²) < 4.78 is 0. The molecule has 5 heteroatoms. The Kier molecular flexibility index (Phi) is 4.07. The molecule has 0 atom stereocenters. The van der Waals surface area contributed by atoms with E-state index in [2.05, 4.69) is 15.9 Å². The van der Waals surface area contributed by atoms with E-state index in [0.717, 1.165) is 0 Å². The maximum atomic E-state index is 11.8. The van der Waals surface area contributed by atoms with Gasteiger partial charge in [-0.05, 0) is 6.92 Å². The largest absolute Gasteiger partial charge is 0.326 e. The maximum Gasteiger partial charge on any atom is 0.274 e. The van der Waals surface area contributed by atoms with Crippen molar-refractivity contribution >= 4 is 17.5 Å². The molecule has 0 fully saturated rings. The highest BCUT2D eigenvalue weighted by Crippen LogP contribution is 2.05. The van der Waals surface area contributed by atoms with Crippen LogP contribution in [-0.4, -0.2) is 33.9 Å². The lowest BCUT2D eigenvalue weighted by Crippen LogP contribution is -2.31. The van der Waals surface area contributed by atoms with Crippen LogP contribution in [0.2, 0.25) is 5.15 Å². The van der Waals surface area contributed by atoms with Gasteiger partial charge in [0.25, 0.3) is 5.91 Å². The highest BCUT2D eigenvalue weighted by atomic mass is 35.5. The van der Waals surface area contributed by atoms with E-state index in [1.54, 1.807) is 0 Å². The minimum Gasteiger partial charge on any atom is -0.326 e. The number of terminal acetylenes is 1. The summed E-state index contributed by atoms with van der Waals surface area (Å²) in [5, 5.41) is 0.192. The van der Waals surface area contributed by atoms with Crippen molar-refractivity contribution in [2.24, 2.45) is 0 Å². The molecule has 0 spiro atoms. The number of carbonyl (C=O) groups is 1. The van der Waals surface area contributed by atoms with Crippen molar-refractivity contribution < 1.29 is 4.79 Å². The molecule has 1 aromatic heterocycles. The van der Waals surface area contributed by atoms with Crippen LogP contribution in [0.1, 0.15) is 17.4 Å². The van der Waals surface area contributed by atoms with E-state index in [-0.39, 0.29) is 23.3 Å². The zero-order chi connectivity index (χ0) is 11.3. The van der Waals surface area contributed by atoms with Gasteiger partial charge in [0.15, 0.2) is 0 Å². The van der Waals surface area contributed by atoms with Crippen molar-refractivity contribution in [1.29, 1.82) is 0 Å². The first-order valence-corrected chi connectivity index (χ1v) is 4.77. The number of hydrogen-bond acceptors (Lipinski definition) is 3. The van der Waals surface area contributed by atoms with Crippen molar-refractivity contribution in [3.8, 4) is 12.3 Å². The van der Waals surface area contributed by atoms with Crippen LogP contribution in [0, 0.1) is 12.3 Å². The summed E-state index contributed by atoms with van der Waals surface area (Å²) in [6.07, 6.45) is 7.88. The minimum absolute atomic E-state index is 0.192. The molecule has 4 nitrogen and oxygen atoms in total. The quantitative estimate of drug-likeness (QED) is 0.724. The summed E-state index contributed by atoms with van der Waals surface area (Å²) in [7, 11) is 0. The van der Waals surface area contributed by atoms with Crippen molar-refractivity contribution in [1.82, 2.24) is 14.9 Å². The van der Waals surface area contributed by atoms with Crippen molar-refractivity contribution in [2.75, 3.05) is 13.1 Å². The molecule has 0 radical (unpaired) electrons. The van der Waals surface area contributed by atoms with Gasteiger partial charge in [0, 0.05) is 6.54 Å². The molecule has 1 heterocycles.